The van der Waals surface area contributed by atoms with Crippen LogP contribution in [0.1, 0.15) is 43.7 Å². The summed E-state index contributed by atoms with van der Waals surface area (Å²) in [7, 11) is -1.02. The van der Waals surface area contributed by atoms with E-state index in [2.05, 4.69) is 22.9 Å². The first-order chi connectivity index (χ1) is 20.4. The van der Waals surface area contributed by atoms with Crippen LogP contribution in [0.25, 0.3) is 11.6 Å². The molecule has 0 aromatic heterocycles. The fourth-order valence-corrected chi connectivity index (χ4v) is 7.38. The maximum Gasteiger partial charge on any atom is 0.455 e. The summed E-state index contributed by atoms with van der Waals surface area (Å²) in [5.41, 5.74) is 5.60. The Morgan fingerprint density at radius 1 is 1.02 bits per heavy atom. The lowest BCUT2D eigenvalue weighted by atomic mass is 9.58. The van der Waals surface area contributed by atoms with Crippen LogP contribution in [-0.4, -0.2) is 35.2 Å². The maximum atomic E-state index is 13.9. The largest absolute Gasteiger partial charge is 0.507 e. The smallest absolute Gasteiger partial charge is 0.455 e. The second kappa shape index (κ2) is 12.0. The van der Waals surface area contributed by atoms with Crippen molar-refractivity contribution in [3.05, 3.63) is 106 Å². The summed E-state index contributed by atoms with van der Waals surface area (Å²) in [5.74, 6) is -1.33. The van der Waals surface area contributed by atoms with E-state index in [1.807, 2.05) is 60.7 Å². The summed E-state index contributed by atoms with van der Waals surface area (Å²) >= 11 is 3.50. The number of fused-ring (bicyclic) bond motifs is 3. The molecular formula is C34H33BBrNO5. The monoisotopic (exact) mass is 625 g/mol. The number of amides is 2. The van der Waals surface area contributed by atoms with E-state index in [9.17, 15) is 19.7 Å². The fourth-order valence-electron chi connectivity index (χ4n) is 7.00. The van der Waals surface area contributed by atoms with Gasteiger partial charge in [0, 0.05) is 10.0 Å². The fraction of sp³-hybridized carbons (Fsp3) is 0.294. The zero-order valence-corrected chi connectivity index (χ0v) is 25.0. The predicted octanol–water partition coefficient (Wildman–Crippen LogP) is 6.89. The molecule has 2 fully saturated rings. The summed E-state index contributed by atoms with van der Waals surface area (Å²) in [4.78, 5) is 28.8. The lowest BCUT2D eigenvalue weighted by Gasteiger charge is -2.43. The molecule has 214 valence electrons. The van der Waals surface area contributed by atoms with Crippen molar-refractivity contribution in [1.82, 2.24) is 0 Å². The Balaban J connectivity index is 1.32. The number of rotatable bonds is 7. The molecule has 2 aliphatic heterocycles. The Hall–Kier alpha value is -3.46. The molecule has 0 unspecified atom stereocenters. The average Bonchev–Trinajstić information content (AvgIpc) is 3.26. The highest BCUT2D eigenvalue weighted by molar-refractivity contribution is 9.10. The van der Waals surface area contributed by atoms with Gasteiger partial charge in [0.1, 0.15) is 5.75 Å². The van der Waals surface area contributed by atoms with Gasteiger partial charge in [-0.25, -0.2) is 0 Å². The van der Waals surface area contributed by atoms with Gasteiger partial charge in [-0.05, 0) is 91.0 Å². The van der Waals surface area contributed by atoms with Crippen LogP contribution in [0.4, 0.5) is 5.69 Å². The number of anilines is 1. The first-order valence-electron chi connectivity index (χ1n) is 14.6. The van der Waals surface area contributed by atoms with Crippen molar-refractivity contribution in [1.29, 1.82) is 0 Å². The maximum absolute atomic E-state index is 13.9. The number of imide groups is 1. The van der Waals surface area contributed by atoms with E-state index in [1.54, 1.807) is 24.3 Å². The van der Waals surface area contributed by atoms with Gasteiger partial charge in [0.2, 0.25) is 11.8 Å². The molecule has 2 heterocycles. The van der Waals surface area contributed by atoms with Gasteiger partial charge in [-0.1, -0.05) is 77.0 Å². The highest BCUT2D eigenvalue weighted by Gasteiger charge is 2.57. The molecule has 3 aromatic rings. The zero-order chi connectivity index (χ0) is 29.4. The molecule has 6 rings (SSSR count). The first-order valence-corrected chi connectivity index (χ1v) is 15.4. The minimum atomic E-state index is -1.02. The molecule has 0 spiro atoms. The second-order valence-corrected chi connectivity index (χ2v) is 12.2. The summed E-state index contributed by atoms with van der Waals surface area (Å²) in [6, 6.07) is 24.5. The molecule has 4 atom stereocenters. The van der Waals surface area contributed by atoms with Crippen molar-refractivity contribution in [2.24, 2.45) is 17.8 Å². The van der Waals surface area contributed by atoms with Gasteiger partial charge >= 0.3 is 7.12 Å². The van der Waals surface area contributed by atoms with Gasteiger partial charge in [0.25, 0.3) is 0 Å². The standard InChI is InChI=1S/C34H33BBrNO5/c1-2-21-19-27-32(34(40)37(33(27)39)26-11-7-4-8-12-26)28-20-35(41)42-30(31(21)28)16-13-23(22-9-5-3-6-10-22)17-24-18-25(36)14-15-29(24)38/h3-12,14-15,17-18,27-28,30,32,38,41H,2,13,16,19-20H2,1H3/b23-17-/t27-,28+,30-,32-/m1/s1. The van der Waals surface area contributed by atoms with Crippen molar-refractivity contribution < 1.29 is 24.4 Å². The Bertz CT molecular complexity index is 1560. The molecular weight excluding hydrogens is 593 g/mol. The number of para-hydroxylation sites is 1. The molecule has 1 aliphatic carbocycles. The third-order valence-corrected chi connectivity index (χ3v) is 9.38. The van der Waals surface area contributed by atoms with Crippen LogP contribution in [0.15, 0.2) is 94.5 Å². The minimum Gasteiger partial charge on any atom is -0.507 e. The van der Waals surface area contributed by atoms with Crippen LogP contribution in [0.3, 0.4) is 0 Å². The summed E-state index contributed by atoms with van der Waals surface area (Å²) in [5, 5.41) is 21.5. The Morgan fingerprint density at radius 3 is 2.45 bits per heavy atom. The van der Waals surface area contributed by atoms with Gasteiger partial charge in [0.05, 0.1) is 23.6 Å². The normalized spacial score (nSPS) is 24.2. The van der Waals surface area contributed by atoms with E-state index in [1.165, 1.54) is 4.90 Å². The van der Waals surface area contributed by atoms with E-state index in [0.717, 1.165) is 33.2 Å². The van der Waals surface area contributed by atoms with Crippen LogP contribution in [0, 0.1) is 17.8 Å². The predicted molar refractivity (Wildman–Crippen MR) is 168 cm³/mol. The van der Waals surface area contributed by atoms with Gasteiger partial charge in [-0.15, -0.1) is 0 Å². The molecule has 3 aromatic carbocycles. The van der Waals surface area contributed by atoms with Crippen LogP contribution >= 0.6 is 15.9 Å². The van der Waals surface area contributed by atoms with Crippen molar-refractivity contribution >= 4 is 52.2 Å². The SMILES string of the molecule is CCC1=C2[C@@H](CC/C(=C/c3cc(Br)ccc3O)c3ccccc3)OB(O)C[C@@H]2[C@@H]2C(=O)N(c3ccccc3)C(=O)[C@@H]2C1. The van der Waals surface area contributed by atoms with Crippen LogP contribution in [0.2, 0.25) is 6.32 Å². The molecule has 6 nitrogen and oxygen atoms in total. The van der Waals surface area contributed by atoms with Crippen molar-refractivity contribution in [3.8, 4) is 5.75 Å². The summed E-state index contributed by atoms with van der Waals surface area (Å²) < 4.78 is 7.06. The van der Waals surface area contributed by atoms with E-state index in [-0.39, 0.29) is 29.6 Å². The molecule has 0 saturated carbocycles. The first kappa shape index (κ1) is 28.7. The highest BCUT2D eigenvalue weighted by Crippen LogP contribution is 2.52. The third-order valence-electron chi connectivity index (χ3n) is 8.89. The lowest BCUT2D eigenvalue weighted by Crippen LogP contribution is -2.46. The highest BCUT2D eigenvalue weighted by atomic mass is 79.9. The number of halogens is 1. The number of carbonyl (C=O) groups excluding carboxylic acids is 2. The van der Waals surface area contributed by atoms with Gasteiger partial charge < -0.3 is 14.8 Å². The van der Waals surface area contributed by atoms with E-state index >= 15 is 0 Å². The van der Waals surface area contributed by atoms with Gasteiger partial charge in [0.15, 0.2) is 0 Å². The van der Waals surface area contributed by atoms with Gasteiger partial charge in [-0.2, -0.15) is 0 Å². The number of hydrogen-bond acceptors (Lipinski definition) is 5. The van der Waals surface area contributed by atoms with Crippen LogP contribution < -0.4 is 4.90 Å². The van der Waals surface area contributed by atoms with E-state index in [0.29, 0.717) is 36.8 Å². The van der Waals surface area contributed by atoms with E-state index < -0.39 is 19.0 Å². The molecule has 3 aliphatic rings. The van der Waals surface area contributed by atoms with Crippen molar-refractivity contribution in [3.63, 3.8) is 0 Å². The Kier molecular flexibility index (Phi) is 8.21. The van der Waals surface area contributed by atoms with E-state index in [4.69, 9.17) is 4.65 Å². The number of carbonyl (C=O) groups is 2. The molecule has 2 saturated heterocycles. The van der Waals surface area contributed by atoms with Crippen LogP contribution in [-0.2, 0) is 14.2 Å². The number of nitrogens with zero attached hydrogens (tertiary/aromatic N) is 1. The number of benzene rings is 3. The number of phenolic OH excluding ortho intramolecular Hbond substituents is 1. The molecule has 2 amide bonds. The third kappa shape index (κ3) is 5.39. The van der Waals surface area contributed by atoms with Crippen molar-refractivity contribution in [2.45, 2.75) is 45.0 Å². The summed E-state index contributed by atoms with van der Waals surface area (Å²) in [6.45, 7) is 2.09. The zero-order valence-electron chi connectivity index (χ0n) is 23.4. The number of aromatic hydroxyl groups is 1. The Morgan fingerprint density at radius 2 is 1.74 bits per heavy atom. The molecule has 2 N–H and O–H groups in total. The number of phenols is 1. The molecule has 0 radical (unpaired) electrons. The molecule has 0 bridgehead atoms. The molecule has 8 heteroatoms. The topological polar surface area (TPSA) is 87.1 Å². The van der Waals surface area contributed by atoms with Crippen molar-refractivity contribution in [2.75, 3.05) is 4.90 Å². The number of allylic oxidation sites excluding steroid dienone is 2. The number of hydrogen-bond donors (Lipinski definition) is 2. The second-order valence-electron chi connectivity index (χ2n) is 11.3. The van der Waals surface area contributed by atoms with Gasteiger partial charge in [-0.3, -0.25) is 14.5 Å². The Labute approximate surface area is 255 Å². The lowest BCUT2D eigenvalue weighted by molar-refractivity contribution is -0.122. The molecule has 42 heavy (non-hydrogen) atoms. The summed E-state index contributed by atoms with van der Waals surface area (Å²) in [6.07, 6.45) is 4.41. The quantitative estimate of drug-likeness (QED) is 0.129. The van der Waals surface area contributed by atoms with Crippen LogP contribution in [0.5, 0.6) is 5.75 Å². The average molecular weight is 626 g/mol. The minimum absolute atomic E-state index is 0.151.